The Kier molecular flexibility index (Phi) is 6.01. The zero-order valence-corrected chi connectivity index (χ0v) is 11.7. The van der Waals surface area contributed by atoms with Gasteiger partial charge in [-0.2, -0.15) is 0 Å². The highest BCUT2D eigenvalue weighted by Crippen LogP contribution is 2.25. The molecule has 0 spiro atoms. The van der Waals surface area contributed by atoms with Crippen LogP contribution >= 0.6 is 27.5 Å². The summed E-state index contributed by atoms with van der Waals surface area (Å²) >= 11 is 9.14. The molecule has 1 heterocycles. The van der Waals surface area contributed by atoms with Crippen molar-refractivity contribution in [2.45, 2.75) is 13.8 Å². The number of aromatic nitrogens is 2. The van der Waals surface area contributed by atoms with E-state index in [1.54, 1.807) is 0 Å². The molecule has 0 aliphatic carbocycles. The number of anilines is 1. The lowest BCUT2D eigenvalue weighted by atomic mass is 10.2. The van der Waals surface area contributed by atoms with Gasteiger partial charge in [-0.15, -0.1) is 0 Å². The Bertz CT molecular complexity index is 336. The van der Waals surface area contributed by atoms with Crippen LogP contribution in [-0.4, -0.2) is 29.7 Å². The van der Waals surface area contributed by atoms with E-state index in [9.17, 15) is 0 Å². The normalized spacial score (nSPS) is 10.8. The van der Waals surface area contributed by atoms with Gasteiger partial charge < -0.3 is 10.1 Å². The minimum absolute atomic E-state index is 0.403. The second-order valence-electron chi connectivity index (χ2n) is 3.72. The van der Waals surface area contributed by atoms with E-state index in [-0.39, 0.29) is 0 Å². The number of halogens is 2. The number of hydrogen-bond acceptors (Lipinski definition) is 4. The van der Waals surface area contributed by atoms with Gasteiger partial charge in [-0.3, -0.25) is 0 Å². The van der Waals surface area contributed by atoms with Gasteiger partial charge in [0.2, 0.25) is 0 Å². The monoisotopic (exact) mass is 307 g/mol. The van der Waals surface area contributed by atoms with Crippen LogP contribution in [0.2, 0.25) is 5.15 Å². The third-order valence-electron chi connectivity index (χ3n) is 1.74. The molecule has 90 valence electrons. The molecule has 0 saturated carbocycles. The van der Waals surface area contributed by atoms with Crippen molar-refractivity contribution in [2.75, 3.05) is 25.1 Å². The molecule has 0 aliphatic rings. The number of nitrogens with one attached hydrogen (secondary N) is 1. The fourth-order valence-electron chi connectivity index (χ4n) is 1.03. The Morgan fingerprint density at radius 3 is 2.94 bits per heavy atom. The zero-order valence-electron chi connectivity index (χ0n) is 9.33. The molecule has 16 heavy (non-hydrogen) atoms. The maximum absolute atomic E-state index is 5.83. The molecule has 0 amide bonds. The van der Waals surface area contributed by atoms with E-state index < -0.39 is 0 Å². The molecule has 0 saturated heterocycles. The minimum Gasteiger partial charge on any atom is -0.379 e. The van der Waals surface area contributed by atoms with Crippen LogP contribution in [0.15, 0.2) is 10.8 Å². The predicted octanol–water partition coefficient (Wildman–Crippen LogP) is 2.98. The van der Waals surface area contributed by atoms with Crippen molar-refractivity contribution in [3.8, 4) is 0 Å². The zero-order chi connectivity index (χ0) is 12.0. The van der Waals surface area contributed by atoms with Crippen LogP contribution in [0.25, 0.3) is 0 Å². The van der Waals surface area contributed by atoms with Crippen LogP contribution in [0.3, 0.4) is 0 Å². The van der Waals surface area contributed by atoms with Crippen LogP contribution in [0.4, 0.5) is 5.82 Å². The summed E-state index contributed by atoms with van der Waals surface area (Å²) in [6.07, 6.45) is 1.42. The molecule has 0 unspecified atom stereocenters. The molecule has 0 atom stereocenters. The molecular formula is C10H15BrClN3O. The highest BCUT2D eigenvalue weighted by atomic mass is 79.9. The molecule has 1 rings (SSSR count). The average molecular weight is 309 g/mol. The topological polar surface area (TPSA) is 47.0 Å². The summed E-state index contributed by atoms with van der Waals surface area (Å²) < 4.78 is 6.11. The van der Waals surface area contributed by atoms with E-state index in [0.717, 1.165) is 6.61 Å². The van der Waals surface area contributed by atoms with Gasteiger partial charge in [0.15, 0.2) is 0 Å². The van der Waals surface area contributed by atoms with E-state index in [1.165, 1.54) is 6.33 Å². The van der Waals surface area contributed by atoms with Crippen molar-refractivity contribution in [3.05, 3.63) is 16.0 Å². The second-order valence-corrected chi connectivity index (χ2v) is 4.87. The Labute approximate surface area is 109 Å². The average Bonchev–Trinajstić information content (AvgIpc) is 2.23. The van der Waals surface area contributed by atoms with E-state index in [1.807, 2.05) is 0 Å². The van der Waals surface area contributed by atoms with Gasteiger partial charge >= 0.3 is 0 Å². The Balaban J connectivity index is 2.29. The molecule has 0 aliphatic heterocycles. The summed E-state index contributed by atoms with van der Waals surface area (Å²) in [6.45, 7) is 6.35. The molecular weight excluding hydrogens is 293 g/mol. The minimum atomic E-state index is 0.403. The molecule has 4 nitrogen and oxygen atoms in total. The number of ether oxygens (including phenoxy) is 1. The molecule has 0 bridgehead atoms. The van der Waals surface area contributed by atoms with Gasteiger partial charge in [0.25, 0.3) is 0 Å². The summed E-state index contributed by atoms with van der Waals surface area (Å²) in [4.78, 5) is 7.91. The van der Waals surface area contributed by atoms with E-state index in [0.29, 0.717) is 34.5 Å². The first kappa shape index (κ1) is 13.7. The molecule has 0 radical (unpaired) electrons. The highest BCUT2D eigenvalue weighted by molar-refractivity contribution is 9.10. The van der Waals surface area contributed by atoms with E-state index >= 15 is 0 Å². The van der Waals surface area contributed by atoms with Gasteiger partial charge in [-0.1, -0.05) is 25.4 Å². The van der Waals surface area contributed by atoms with Crippen molar-refractivity contribution in [2.24, 2.45) is 5.92 Å². The molecule has 1 aromatic heterocycles. The van der Waals surface area contributed by atoms with E-state index in [4.69, 9.17) is 16.3 Å². The fraction of sp³-hybridized carbons (Fsp3) is 0.600. The maximum Gasteiger partial charge on any atom is 0.148 e. The van der Waals surface area contributed by atoms with Crippen LogP contribution in [0.5, 0.6) is 0 Å². The van der Waals surface area contributed by atoms with Crippen molar-refractivity contribution in [3.63, 3.8) is 0 Å². The van der Waals surface area contributed by atoms with Crippen molar-refractivity contribution >= 4 is 33.3 Å². The van der Waals surface area contributed by atoms with Crippen LogP contribution in [0.1, 0.15) is 13.8 Å². The molecule has 6 heteroatoms. The number of nitrogens with zero attached hydrogens (tertiary/aromatic N) is 2. The smallest absolute Gasteiger partial charge is 0.148 e. The quantitative estimate of drug-likeness (QED) is 0.648. The predicted molar refractivity (Wildman–Crippen MR) is 68.9 cm³/mol. The first-order chi connectivity index (χ1) is 7.61. The molecule has 1 N–H and O–H groups in total. The largest absolute Gasteiger partial charge is 0.379 e. The second kappa shape index (κ2) is 7.04. The van der Waals surface area contributed by atoms with Gasteiger partial charge in [0.05, 0.1) is 11.1 Å². The van der Waals surface area contributed by atoms with Crippen LogP contribution in [-0.2, 0) is 4.74 Å². The Hall–Kier alpha value is -0.390. The van der Waals surface area contributed by atoms with Gasteiger partial charge in [0.1, 0.15) is 17.3 Å². The maximum atomic E-state index is 5.83. The van der Waals surface area contributed by atoms with Crippen molar-refractivity contribution < 1.29 is 4.74 Å². The standard InChI is InChI=1S/C10H15BrClN3O/c1-7(2)5-16-4-3-13-10-8(11)9(12)14-6-15-10/h6-7H,3-5H2,1-2H3,(H,13,14,15). The summed E-state index contributed by atoms with van der Waals surface area (Å²) in [5, 5.41) is 3.52. The van der Waals surface area contributed by atoms with Gasteiger partial charge in [-0.25, -0.2) is 9.97 Å². The molecule has 0 aromatic carbocycles. The molecule has 1 aromatic rings. The highest BCUT2D eigenvalue weighted by Gasteiger charge is 2.05. The van der Waals surface area contributed by atoms with Crippen LogP contribution in [0, 0.1) is 5.92 Å². The van der Waals surface area contributed by atoms with Crippen LogP contribution < -0.4 is 5.32 Å². The van der Waals surface area contributed by atoms with Crippen molar-refractivity contribution in [1.29, 1.82) is 0 Å². The third-order valence-corrected chi connectivity index (χ3v) is 3.00. The van der Waals surface area contributed by atoms with Gasteiger partial charge in [-0.05, 0) is 21.8 Å². The number of rotatable bonds is 6. The van der Waals surface area contributed by atoms with Gasteiger partial charge in [0, 0.05) is 13.2 Å². The lowest BCUT2D eigenvalue weighted by Crippen LogP contribution is -2.13. The Morgan fingerprint density at radius 2 is 2.25 bits per heavy atom. The fourth-order valence-corrected chi connectivity index (χ4v) is 1.51. The SMILES string of the molecule is CC(C)COCCNc1ncnc(Cl)c1Br. The first-order valence-electron chi connectivity index (χ1n) is 5.09. The summed E-state index contributed by atoms with van der Waals surface area (Å²) in [7, 11) is 0. The summed E-state index contributed by atoms with van der Waals surface area (Å²) in [5.41, 5.74) is 0. The van der Waals surface area contributed by atoms with E-state index in [2.05, 4.69) is 45.1 Å². The summed E-state index contributed by atoms with van der Waals surface area (Å²) in [5.74, 6) is 1.24. The third kappa shape index (κ3) is 4.63. The first-order valence-corrected chi connectivity index (χ1v) is 6.26. The Morgan fingerprint density at radius 1 is 1.50 bits per heavy atom. The van der Waals surface area contributed by atoms with Crippen molar-refractivity contribution in [1.82, 2.24) is 9.97 Å². The number of hydrogen-bond donors (Lipinski definition) is 1. The lowest BCUT2D eigenvalue weighted by Gasteiger charge is -2.09. The lowest BCUT2D eigenvalue weighted by molar-refractivity contribution is 0.118. The summed E-state index contributed by atoms with van der Waals surface area (Å²) in [6, 6.07) is 0. The molecule has 0 fully saturated rings.